The van der Waals surface area contributed by atoms with Crippen LogP contribution < -0.4 is 0 Å². The number of carboxylic acids is 1. The van der Waals surface area contributed by atoms with Crippen LogP contribution in [0.3, 0.4) is 0 Å². The molecule has 0 amide bonds. The number of methoxy groups -OCH3 is 1. The number of carboxylic acid groups (broad SMARTS) is 1. The second kappa shape index (κ2) is 7.63. The van der Waals surface area contributed by atoms with E-state index in [1.165, 1.54) is 5.57 Å². The number of hydrogen-bond donors (Lipinski definition) is 1. The number of ether oxygens (including phenoxy) is 1. The number of allylic oxidation sites excluding steroid dienone is 3. The maximum atomic E-state index is 12.1. The summed E-state index contributed by atoms with van der Waals surface area (Å²) in [6.45, 7) is 6.87. The quantitative estimate of drug-likeness (QED) is 0.725. The van der Waals surface area contributed by atoms with Crippen LogP contribution in [0.1, 0.15) is 52.9 Å². The highest BCUT2D eigenvalue weighted by molar-refractivity contribution is 5.79. The van der Waals surface area contributed by atoms with Crippen molar-refractivity contribution in [3.8, 4) is 0 Å². The number of hydrogen-bond acceptors (Lipinski definition) is 2. The van der Waals surface area contributed by atoms with E-state index in [0.717, 1.165) is 31.3 Å². The van der Waals surface area contributed by atoms with Gasteiger partial charge in [0.1, 0.15) is 0 Å². The van der Waals surface area contributed by atoms with Crippen LogP contribution in [-0.2, 0) is 9.53 Å². The van der Waals surface area contributed by atoms with Gasteiger partial charge < -0.3 is 9.84 Å². The normalized spacial score (nSPS) is 26.1. The Morgan fingerprint density at radius 3 is 2.50 bits per heavy atom. The summed E-state index contributed by atoms with van der Waals surface area (Å²) in [5, 5.41) is 9.90. The van der Waals surface area contributed by atoms with Crippen LogP contribution in [0, 0.1) is 11.3 Å². The topological polar surface area (TPSA) is 46.5 Å². The first-order valence-electron chi connectivity index (χ1n) is 7.70. The van der Waals surface area contributed by atoms with Gasteiger partial charge in [-0.05, 0) is 25.7 Å². The fourth-order valence-electron chi connectivity index (χ4n) is 3.35. The molecular formula is C17H28O3. The second-order valence-electron chi connectivity index (χ2n) is 5.58. The van der Waals surface area contributed by atoms with E-state index in [9.17, 15) is 9.90 Å². The molecule has 0 aromatic carbocycles. The summed E-state index contributed by atoms with van der Waals surface area (Å²) in [5.74, 6) is -0.634. The van der Waals surface area contributed by atoms with Crippen molar-refractivity contribution in [1.82, 2.24) is 0 Å². The first-order valence-corrected chi connectivity index (χ1v) is 7.70. The van der Waals surface area contributed by atoms with Crippen LogP contribution in [0.15, 0.2) is 23.3 Å². The second-order valence-corrected chi connectivity index (χ2v) is 5.58. The Bertz CT molecular complexity index is 395. The van der Waals surface area contributed by atoms with Crippen molar-refractivity contribution >= 4 is 5.97 Å². The van der Waals surface area contributed by atoms with Gasteiger partial charge in [0.2, 0.25) is 0 Å². The number of carbonyl (C=O) groups is 1. The van der Waals surface area contributed by atoms with Gasteiger partial charge in [-0.25, -0.2) is 0 Å². The molecule has 0 saturated carbocycles. The highest BCUT2D eigenvalue weighted by Crippen LogP contribution is 2.46. The minimum Gasteiger partial charge on any atom is -0.481 e. The summed E-state index contributed by atoms with van der Waals surface area (Å²) in [6.07, 6.45) is 8.35. The molecule has 0 aliphatic heterocycles. The summed E-state index contributed by atoms with van der Waals surface area (Å²) in [5.41, 5.74) is 1.67. The molecule has 3 heteroatoms. The van der Waals surface area contributed by atoms with Gasteiger partial charge in [-0.3, -0.25) is 4.79 Å². The van der Waals surface area contributed by atoms with Gasteiger partial charge in [0.15, 0.2) is 0 Å². The zero-order valence-corrected chi connectivity index (χ0v) is 13.2. The Labute approximate surface area is 122 Å². The Morgan fingerprint density at radius 2 is 2.05 bits per heavy atom. The molecule has 3 nitrogen and oxygen atoms in total. The molecule has 2 unspecified atom stereocenters. The fourth-order valence-corrected chi connectivity index (χ4v) is 3.35. The molecule has 0 spiro atoms. The molecule has 1 aliphatic rings. The Kier molecular flexibility index (Phi) is 6.47. The molecule has 1 aliphatic carbocycles. The van der Waals surface area contributed by atoms with Gasteiger partial charge in [-0.2, -0.15) is 0 Å². The van der Waals surface area contributed by atoms with Crippen LogP contribution in [0.25, 0.3) is 0 Å². The minimum absolute atomic E-state index is 0.0557. The van der Waals surface area contributed by atoms with Crippen LogP contribution in [0.2, 0.25) is 0 Å². The monoisotopic (exact) mass is 280 g/mol. The van der Waals surface area contributed by atoms with Gasteiger partial charge in [0, 0.05) is 19.6 Å². The summed E-state index contributed by atoms with van der Waals surface area (Å²) >= 11 is 0. The van der Waals surface area contributed by atoms with Crippen LogP contribution in [0.5, 0.6) is 0 Å². The highest BCUT2D eigenvalue weighted by Gasteiger charge is 2.46. The van der Waals surface area contributed by atoms with Gasteiger partial charge in [0.05, 0.1) is 5.41 Å². The third kappa shape index (κ3) is 3.32. The molecule has 20 heavy (non-hydrogen) atoms. The van der Waals surface area contributed by atoms with Crippen molar-refractivity contribution in [3.05, 3.63) is 23.3 Å². The van der Waals surface area contributed by atoms with E-state index in [-0.39, 0.29) is 5.92 Å². The lowest BCUT2D eigenvalue weighted by Gasteiger charge is -2.40. The Morgan fingerprint density at radius 1 is 1.35 bits per heavy atom. The molecule has 0 fully saturated rings. The SMILES string of the molecule is CCCC1(C(=O)O)C=C(CC)C=C(CC)C1CCOC. The first kappa shape index (κ1) is 17.0. The smallest absolute Gasteiger partial charge is 0.314 e. The van der Waals surface area contributed by atoms with Crippen molar-refractivity contribution in [1.29, 1.82) is 0 Å². The van der Waals surface area contributed by atoms with E-state index in [4.69, 9.17) is 4.74 Å². The summed E-state index contributed by atoms with van der Waals surface area (Å²) in [6, 6.07) is 0. The molecule has 1 rings (SSSR count). The maximum Gasteiger partial charge on any atom is 0.314 e. The first-order chi connectivity index (χ1) is 9.55. The zero-order chi connectivity index (χ0) is 15.2. The lowest BCUT2D eigenvalue weighted by molar-refractivity contribution is -0.149. The minimum atomic E-state index is -0.751. The van der Waals surface area contributed by atoms with Crippen LogP contribution >= 0.6 is 0 Å². The predicted octanol–water partition coefficient (Wildman–Crippen LogP) is 4.20. The Balaban J connectivity index is 3.27. The van der Waals surface area contributed by atoms with Gasteiger partial charge in [-0.15, -0.1) is 0 Å². The molecule has 1 N–H and O–H groups in total. The van der Waals surface area contributed by atoms with Gasteiger partial charge in [0.25, 0.3) is 0 Å². The molecule has 0 bridgehead atoms. The average Bonchev–Trinajstić information content (AvgIpc) is 2.45. The van der Waals surface area contributed by atoms with E-state index >= 15 is 0 Å². The molecule has 114 valence electrons. The molecule has 2 atom stereocenters. The average molecular weight is 280 g/mol. The van der Waals surface area contributed by atoms with E-state index in [1.807, 2.05) is 6.08 Å². The van der Waals surface area contributed by atoms with E-state index in [0.29, 0.717) is 13.0 Å². The molecule has 0 saturated heterocycles. The van der Waals surface area contributed by atoms with Crippen molar-refractivity contribution in [3.63, 3.8) is 0 Å². The lowest BCUT2D eigenvalue weighted by atomic mass is 9.63. The zero-order valence-electron chi connectivity index (χ0n) is 13.2. The molecule has 0 radical (unpaired) electrons. The van der Waals surface area contributed by atoms with Crippen LogP contribution in [0.4, 0.5) is 0 Å². The molecular weight excluding hydrogens is 252 g/mol. The maximum absolute atomic E-state index is 12.1. The Hall–Kier alpha value is -1.09. The third-order valence-electron chi connectivity index (χ3n) is 4.37. The van der Waals surface area contributed by atoms with E-state index < -0.39 is 11.4 Å². The largest absolute Gasteiger partial charge is 0.481 e. The summed E-state index contributed by atoms with van der Waals surface area (Å²) < 4.78 is 5.20. The third-order valence-corrected chi connectivity index (χ3v) is 4.37. The van der Waals surface area contributed by atoms with Crippen molar-refractivity contribution in [2.45, 2.75) is 52.9 Å². The van der Waals surface area contributed by atoms with E-state index in [1.54, 1.807) is 7.11 Å². The standard InChI is InChI=1S/C17H28O3/c1-5-9-17(16(18)19)12-13(6-2)11-14(7-3)15(17)8-10-20-4/h11-12,15H,5-10H2,1-4H3,(H,18,19). The lowest BCUT2D eigenvalue weighted by Crippen LogP contribution is -2.40. The van der Waals surface area contributed by atoms with Gasteiger partial charge >= 0.3 is 5.97 Å². The summed E-state index contributed by atoms with van der Waals surface area (Å²) in [4.78, 5) is 12.1. The molecule has 0 heterocycles. The van der Waals surface area contributed by atoms with Crippen molar-refractivity contribution in [2.75, 3.05) is 13.7 Å². The van der Waals surface area contributed by atoms with Crippen molar-refractivity contribution in [2.24, 2.45) is 11.3 Å². The van der Waals surface area contributed by atoms with Crippen molar-refractivity contribution < 1.29 is 14.6 Å². The molecule has 0 aromatic rings. The predicted molar refractivity (Wildman–Crippen MR) is 81.7 cm³/mol. The molecule has 0 aromatic heterocycles. The summed E-state index contributed by atoms with van der Waals surface area (Å²) in [7, 11) is 1.67. The van der Waals surface area contributed by atoms with Gasteiger partial charge in [-0.1, -0.05) is 50.5 Å². The fraction of sp³-hybridized carbons (Fsp3) is 0.706. The number of rotatable bonds is 8. The van der Waals surface area contributed by atoms with Crippen LogP contribution in [-0.4, -0.2) is 24.8 Å². The highest BCUT2D eigenvalue weighted by atomic mass is 16.5. The number of aliphatic carboxylic acids is 1. The van der Waals surface area contributed by atoms with E-state index in [2.05, 4.69) is 26.8 Å².